The fourth-order valence-corrected chi connectivity index (χ4v) is 3.04. The normalized spacial score (nSPS) is 12.8. The summed E-state index contributed by atoms with van der Waals surface area (Å²) < 4.78 is 36.5. The average Bonchev–Trinajstić information content (AvgIpc) is 2.37. The van der Waals surface area contributed by atoms with Crippen molar-refractivity contribution in [1.82, 2.24) is 4.72 Å². The Hall–Kier alpha value is -1.80. The van der Waals surface area contributed by atoms with E-state index in [1.807, 2.05) is 0 Å². The summed E-state index contributed by atoms with van der Waals surface area (Å²) in [7, 11) is -1.13. The lowest BCUT2D eigenvalue weighted by molar-refractivity contribution is -0.138. The zero-order valence-corrected chi connectivity index (χ0v) is 12.4. The van der Waals surface area contributed by atoms with Crippen LogP contribution in [0.25, 0.3) is 0 Å². The molecule has 0 amide bonds. The summed E-state index contributed by atoms with van der Waals surface area (Å²) in [5.41, 5.74) is 0.424. The fraction of sp³-hybridized carbons (Fsp3) is 0.417. The molecule has 0 saturated carbocycles. The molecule has 20 heavy (non-hydrogen) atoms. The molecule has 1 atom stereocenters. The second-order valence-corrected chi connectivity index (χ2v) is 5.84. The fourth-order valence-electron chi connectivity index (χ4n) is 1.60. The van der Waals surface area contributed by atoms with Crippen molar-refractivity contribution in [2.45, 2.75) is 24.8 Å². The monoisotopic (exact) mass is 303 g/mol. The number of methoxy groups -OCH3 is 2. The molecule has 1 rings (SSSR count). The molecule has 0 unspecified atom stereocenters. The van der Waals surface area contributed by atoms with Crippen molar-refractivity contribution in [3.8, 4) is 11.5 Å². The minimum atomic E-state index is -3.96. The number of rotatable bonds is 6. The number of nitrogens with one attached hydrogen (secondary N) is 1. The maximum atomic E-state index is 12.2. The summed E-state index contributed by atoms with van der Waals surface area (Å²) in [4.78, 5) is 10.7. The number of carboxylic acid groups (broad SMARTS) is 1. The number of hydrogen-bond donors (Lipinski definition) is 2. The maximum absolute atomic E-state index is 12.2. The van der Waals surface area contributed by atoms with Crippen molar-refractivity contribution in [3.05, 3.63) is 17.7 Å². The molecule has 0 heterocycles. The maximum Gasteiger partial charge on any atom is 0.321 e. The van der Waals surface area contributed by atoms with E-state index < -0.39 is 22.0 Å². The van der Waals surface area contributed by atoms with Crippen LogP contribution in [0.2, 0.25) is 0 Å². The molecule has 1 aromatic carbocycles. The number of aryl methyl sites for hydroxylation is 1. The number of ether oxygens (including phenoxy) is 2. The topological polar surface area (TPSA) is 102 Å². The van der Waals surface area contributed by atoms with Gasteiger partial charge in [0.15, 0.2) is 11.5 Å². The van der Waals surface area contributed by atoms with Crippen LogP contribution in [0.3, 0.4) is 0 Å². The molecule has 2 N–H and O–H groups in total. The van der Waals surface area contributed by atoms with Crippen LogP contribution in [0.1, 0.15) is 12.5 Å². The van der Waals surface area contributed by atoms with Crippen LogP contribution in [-0.4, -0.2) is 39.8 Å². The number of aliphatic carboxylic acids is 1. The summed E-state index contributed by atoms with van der Waals surface area (Å²) >= 11 is 0. The van der Waals surface area contributed by atoms with E-state index in [0.717, 1.165) is 0 Å². The first-order valence-corrected chi connectivity index (χ1v) is 7.19. The lowest BCUT2D eigenvalue weighted by atomic mass is 10.2. The van der Waals surface area contributed by atoms with Gasteiger partial charge in [-0.15, -0.1) is 0 Å². The van der Waals surface area contributed by atoms with Gasteiger partial charge in [0.05, 0.1) is 19.1 Å². The molecule has 0 spiro atoms. The lowest BCUT2D eigenvalue weighted by Gasteiger charge is -2.15. The van der Waals surface area contributed by atoms with Gasteiger partial charge in [-0.2, -0.15) is 4.72 Å². The molecule has 0 bridgehead atoms. The molecule has 1 aromatic rings. The zero-order valence-electron chi connectivity index (χ0n) is 11.6. The minimum Gasteiger partial charge on any atom is -0.493 e. The molecule has 0 aliphatic carbocycles. The van der Waals surface area contributed by atoms with Crippen LogP contribution < -0.4 is 14.2 Å². The van der Waals surface area contributed by atoms with Crippen LogP contribution in [0.5, 0.6) is 11.5 Å². The number of carboxylic acids is 1. The van der Waals surface area contributed by atoms with Crippen molar-refractivity contribution in [2.24, 2.45) is 0 Å². The molecular weight excluding hydrogens is 286 g/mol. The van der Waals surface area contributed by atoms with Crippen molar-refractivity contribution in [3.63, 3.8) is 0 Å². The Labute approximate surface area is 117 Å². The van der Waals surface area contributed by atoms with E-state index in [1.54, 1.807) is 6.92 Å². The molecule has 7 nitrogen and oxygen atoms in total. The third-order valence-electron chi connectivity index (χ3n) is 2.67. The number of carbonyl (C=O) groups is 1. The van der Waals surface area contributed by atoms with E-state index in [4.69, 9.17) is 14.6 Å². The van der Waals surface area contributed by atoms with Crippen LogP contribution >= 0.6 is 0 Å². The summed E-state index contributed by atoms with van der Waals surface area (Å²) in [6.45, 7) is 2.83. The second-order valence-electron chi connectivity index (χ2n) is 4.15. The third kappa shape index (κ3) is 3.40. The second kappa shape index (κ2) is 6.10. The molecular formula is C12H17NO6S. The van der Waals surface area contributed by atoms with Crippen LogP contribution in [-0.2, 0) is 14.8 Å². The molecule has 0 aliphatic rings. The molecule has 8 heteroatoms. The Morgan fingerprint density at radius 2 is 1.75 bits per heavy atom. The predicted molar refractivity (Wildman–Crippen MR) is 71.7 cm³/mol. The quantitative estimate of drug-likeness (QED) is 0.804. The SMILES string of the molecule is COc1cc(C)c(S(=O)(=O)N[C@@H](C)C(=O)O)cc1OC. The van der Waals surface area contributed by atoms with Crippen LogP contribution in [0, 0.1) is 6.92 Å². The first kappa shape index (κ1) is 16.3. The molecule has 0 aromatic heterocycles. The third-order valence-corrected chi connectivity index (χ3v) is 4.36. The molecule has 0 radical (unpaired) electrons. The Kier molecular flexibility index (Phi) is 4.96. The van der Waals surface area contributed by atoms with E-state index in [2.05, 4.69) is 4.72 Å². The minimum absolute atomic E-state index is 0.0525. The summed E-state index contributed by atoms with van der Waals surface area (Å²) in [5, 5.41) is 8.77. The Balaban J connectivity index is 3.28. The Morgan fingerprint density at radius 3 is 2.20 bits per heavy atom. The van der Waals surface area contributed by atoms with Gasteiger partial charge in [-0.3, -0.25) is 4.79 Å². The van der Waals surface area contributed by atoms with Gasteiger partial charge in [0.2, 0.25) is 10.0 Å². The highest BCUT2D eigenvalue weighted by atomic mass is 32.2. The van der Waals surface area contributed by atoms with E-state index in [9.17, 15) is 13.2 Å². The Morgan fingerprint density at radius 1 is 1.25 bits per heavy atom. The zero-order chi connectivity index (χ0) is 15.5. The molecule has 112 valence electrons. The van der Waals surface area contributed by atoms with Gasteiger partial charge in [-0.25, -0.2) is 8.42 Å². The average molecular weight is 303 g/mol. The van der Waals surface area contributed by atoms with E-state index >= 15 is 0 Å². The van der Waals surface area contributed by atoms with Gasteiger partial charge >= 0.3 is 5.97 Å². The largest absolute Gasteiger partial charge is 0.493 e. The lowest BCUT2D eigenvalue weighted by Crippen LogP contribution is -2.38. The van der Waals surface area contributed by atoms with Crippen LogP contribution in [0.4, 0.5) is 0 Å². The molecule has 0 aliphatic heterocycles. The number of hydrogen-bond acceptors (Lipinski definition) is 5. The highest BCUT2D eigenvalue weighted by molar-refractivity contribution is 7.89. The van der Waals surface area contributed by atoms with Crippen molar-refractivity contribution < 1.29 is 27.8 Å². The number of sulfonamides is 1. The van der Waals surface area contributed by atoms with Gasteiger partial charge in [0, 0.05) is 6.07 Å². The highest BCUT2D eigenvalue weighted by Gasteiger charge is 2.24. The summed E-state index contributed by atoms with van der Waals surface area (Å²) in [5.74, 6) is -0.608. The number of benzene rings is 1. The van der Waals surface area contributed by atoms with Gasteiger partial charge in [0.25, 0.3) is 0 Å². The molecule has 0 fully saturated rings. The van der Waals surface area contributed by atoms with Crippen molar-refractivity contribution >= 4 is 16.0 Å². The van der Waals surface area contributed by atoms with Crippen molar-refractivity contribution in [1.29, 1.82) is 0 Å². The molecule has 0 saturated heterocycles. The predicted octanol–water partition coefficient (Wildman–Crippen LogP) is 0.764. The van der Waals surface area contributed by atoms with Gasteiger partial charge in [0.1, 0.15) is 6.04 Å². The Bertz CT molecular complexity index is 611. The van der Waals surface area contributed by atoms with Gasteiger partial charge < -0.3 is 14.6 Å². The van der Waals surface area contributed by atoms with Gasteiger partial charge in [-0.05, 0) is 25.5 Å². The highest BCUT2D eigenvalue weighted by Crippen LogP contribution is 2.32. The first-order chi connectivity index (χ1) is 9.22. The van der Waals surface area contributed by atoms with E-state index in [1.165, 1.54) is 33.3 Å². The summed E-state index contributed by atoms with van der Waals surface area (Å²) in [6.07, 6.45) is 0. The summed E-state index contributed by atoms with van der Waals surface area (Å²) in [6, 6.07) is 1.58. The standard InChI is InChI=1S/C12H17NO6S/c1-7-5-9(18-3)10(19-4)6-11(7)20(16,17)13-8(2)12(14)15/h5-6,8,13H,1-4H3,(H,14,15)/t8-/m0/s1. The van der Waals surface area contributed by atoms with E-state index in [0.29, 0.717) is 11.3 Å². The van der Waals surface area contributed by atoms with Gasteiger partial charge in [-0.1, -0.05) is 0 Å². The van der Waals surface area contributed by atoms with Crippen LogP contribution in [0.15, 0.2) is 17.0 Å². The smallest absolute Gasteiger partial charge is 0.321 e. The van der Waals surface area contributed by atoms with Crippen molar-refractivity contribution in [2.75, 3.05) is 14.2 Å². The van der Waals surface area contributed by atoms with E-state index in [-0.39, 0.29) is 10.6 Å². The first-order valence-electron chi connectivity index (χ1n) is 5.70.